The van der Waals surface area contributed by atoms with Gasteiger partial charge in [0.2, 0.25) is 0 Å². The molecule has 0 unspecified atom stereocenters. The second-order valence-corrected chi connectivity index (χ2v) is 7.38. The van der Waals surface area contributed by atoms with Crippen LogP contribution in [0.4, 0.5) is 0 Å². The zero-order valence-corrected chi connectivity index (χ0v) is 16.8. The Morgan fingerprint density at radius 2 is 1.93 bits per heavy atom. The Morgan fingerprint density at radius 1 is 1.18 bits per heavy atom. The average Bonchev–Trinajstić information content (AvgIpc) is 2.71. The highest BCUT2D eigenvalue weighted by Gasteiger charge is 2.14. The monoisotopic (exact) mass is 418 g/mol. The van der Waals surface area contributed by atoms with E-state index in [1.165, 1.54) is 23.4 Å². The van der Waals surface area contributed by atoms with E-state index < -0.39 is 5.97 Å². The van der Waals surface area contributed by atoms with Gasteiger partial charge in [0.05, 0.1) is 24.6 Å². The topological polar surface area (TPSA) is 70.4 Å². The molecule has 0 saturated carbocycles. The van der Waals surface area contributed by atoms with Gasteiger partial charge >= 0.3 is 5.97 Å². The smallest absolute Gasteiger partial charge is 0.325 e. The minimum absolute atomic E-state index is 0.170. The predicted molar refractivity (Wildman–Crippen MR) is 110 cm³/mol. The van der Waals surface area contributed by atoms with E-state index in [4.69, 9.17) is 21.1 Å². The molecule has 3 aromatic rings. The number of rotatable bonds is 8. The van der Waals surface area contributed by atoms with Crippen LogP contribution in [0.1, 0.15) is 6.42 Å². The number of halogens is 1. The van der Waals surface area contributed by atoms with Gasteiger partial charge in [0.25, 0.3) is 5.56 Å². The van der Waals surface area contributed by atoms with E-state index in [1.807, 2.05) is 18.2 Å². The molecule has 0 spiro atoms. The van der Waals surface area contributed by atoms with Gasteiger partial charge in [0, 0.05) is 10.8 Å². The van der Waals surface area contributed by atoms with Crippen molar-refractivity contribution in [2.75, 3.05) is 19.5 Å². The molecule has 0 amide bonds. The first-order valence-corrected chi connectivity index (χ1v) is 10.0. The lowest BCUT2D eigenvalue weighted by atomic mass is 10.2. The number of benzene rings is 2. The number of methoxy groups -OCH3 is 1. The summed E-state index contributed by atoms with van der Waals surface area (Å²) in [5.41, 5.74) is 0.351. The van der Waals surface area contributed by atoms with E-state index >= 15 is 0 Å². The summed E-state index contributed by atoms with van der Waals surface area (Å²) in [6, 6.07) is 14.3. The number of nitrogens with zero attached hydrogens (tertiary/aromatic N) is 2. The summed E-state index contributed by atoms with van der Waals surface area (Å²) in [5, 5.41) is 1.62. The summed E-state index contributed by atoms with van der Waals surface area (Å²) < 4.78 is 11.7. The summed E-state index contributed by atoms with van der Waals surface area (Å²) in [5.74, 6) is 0.937. The lowest BCUT2D eigenvalue weighted by Gasteiger charge is -2.12. The van der Waals surface area contributed by atoms with Crippen molar-refractivity contribution in [3.63, 3.8) is 0 Å². The fourth-order valence-corrected chi connectivity index (χ4v) is 3.57. The zero-order valence-electron chi connectivity index (χ0n) is 15.3. The first-order chi connectivity index (χ1) is 13.6. The van der Waals surface area contributed by atoms with Crippen molar-refractivity contribution in [1.29, 1.82) is 0 Å². The summed E-state index contributed by atoms with van der Waals surface area (Å²) in [7, 11) is 1.29. The van der Waals surface area contributed by atoms with Gasteiger partial charge in [0.1, 0.15) is 12.3 Å². The summed E-state index contributed by atoms with van der Waals surface area (Å²) >= 11 is 7.26. The first kappa shape index (κ1) is 20.2. The molecular formula is C20H19ClN2O4S. The average molecular weight is 419 g/mol. The molecule has 146 valence electrons. The van der Waals surface area contributed by atoms with Gasteiger partial charge in [-0.2, -0.15) is 0 Å². The minimum atomic E-state index is -0.493. The molecule has 8 heteroatoms. The predicted octanol–water partition coefficient (Wildman–Crippen LogP) is 3.78. The molecule has 0 aliphatic rings. The quantitative estimate of drug-likeness (QED) is 0.240. The summed E-state index contributed by atoms with van der Waals surface area (Å²) in [4.78, 5) is 29.1. The Labute approximate surface area is 171 Å². The van der Waals surface area contributed by atoms with Crippen molar-refractivity contribution in [1.82, 2.24) is 9.55 Å². The molecule has 2 aromatic carbocycles. The van der Waals surface area contributed by atoms with Crippen molar-refractivity contribution in [2.24, 2.45) is 0 Å². The third-order valence-electron chi connectivity index (χ3n) is 3.94. The van der Waals surface area contributed by atoms with Crippen LogP contribution in [0.25, 0.3) is 10.9 Å². The molecule has 0 N–H and O–H groups in total. The second kappa shape index (κ2) is 9.61. The van der Waals surface area contributed by atoms with E-state index in [1.54, 1.807) is 30.3 Å². The molecule has 0 fully saturated rings. The Morgan fingerprint density at radius 3 is 2.68 bits per heavy atom. The molecule has 6 nitrogen and oxygen atoms in total. The second-order valence-electron chi connectivity index (χ2n) is 5.88. The molecule has 0 aliphatic carbocycles. The standard InChI is InChI=1S/C20H19ClN2O4S/c1-26-18(24)13-23-19(25)16-5-2-3-6-17(16)22-20(23)28-12-4-11-27-15-9-7-14(21)8-10-15/h2-3,5-10H,4,11-13H2,1H3. The van der Waals surface area contributed by atoms with Crippen molar-refractivity contribution in [3.05, 3.63) is 63.9 Å². The lowest BCUT2D eigenvalue weighted by molar-refractivity contribution is -0.141. The highest BCUT2D eigenvalue weighted by Crippen LogP contribution is 2.20. The van der Waals surface area contributed by atoms with Crippen molar-refractivity contribution in [3.8, 4) is 5.75 Å². The number of hydrogen-bond donors (Lipinski definition) is 0. The number of para-hydroxylation sites is 1. The Hall–Kier alpha value is -2.51. The van der Waals surface area contributed by atoms with E-state index in [-0.39, 0.29) is 12.1 Å². The molecule has 28 heavy (non-hydrogen) atoms. The van der Waals surface area contributed by atoms with E-state index in [0.717, 1.165) is 12.2 Å². The third kappa shape index (κ3) is 5.05. The van der Waals surface area contributed by atoms with Crippen LogP contribution in [-0.4, -0.2) is 35.0 Å². The van der Waals surface area contributed by atoms with Crippen LogP contribution < -0.4 is 10.3 Å². The van der Waals surface area contributed by atoms with Crippen molar-refractivity contribution >= 4 is 40.2 Å². The summed E-state index contributed by atoms with van der Waals surface area (Å²) in [6.45, 7) is 0.347. The van der Waals surface area contributed by atoms with Gasteiger partial charge in [0.15, 0.2) is 5.16 Å². The number of carbonyl (C=O) groups is 1. The Balaban J connectivity index is 1.68. The maximum absolute atomic E-state index is 12.8. The molecule has 1 heterocycles. The molecule has 3 rings (SSSR count). The molecular weight excluding hydrogens is 400 g/mol. The van der Waals surface area contributed by atoms with Gasteiger partial charge < -0.3 is 9.47 Å². The fourth-order valence-electron chi connectivity index (χ4n) is 2.53. The third-order valence-corrected chi connectivity index (χ3v) is 5.26. The normalized spacial score (nSPS) is 10.8. The fraction of sp³-hybridized carbons (Fsp3) is 0.250. The number of carbonyl (C=O) groups excluding carboxylic acids is 1. The van der Waals surface area contributed by atoms with Gasteiger partial charge in [-0.3, -0.25) is 14.2 Å². The van der Waals surface area contributed by atoms with Crippen LogP contribution in [0.15, 0.2) is 58.5 Å². The number of ether oxygens (including phenoxy) is 2. The van der Waals surface area contributed by atoms with Crippen LogP contribution in [0, 0.1) is 0 Å². The van der Waals surface area contributed by atoms with E-state index in [9.17, 15) is 9.59 Å². The van der Waals surface area contributed by atoms with Crippen molar-refractivity contribution < 1.29 is 14.3 Å². The van der Waals surface area contributed by atoms with E-state index in [2.05, 4.69) is 4.98 Å². The van der Waals surface area contributed by atoms with Crippen LogP contribution >= 0.6 is 23.4 Å². The van der Waals surface area contributed by atoms with Crippen LogP contribution in [0.3, 0.4) is 0 Å². The van der Waals surface area contributed by atoms with Gasteiger partial charge in [-0.25, -0.2) is 4.98 Å². The maximum Gasteiger partial charge on any atom is 0.325 e. The highest BCUT2D eigenvalue weighted by atomic mass is 35.5. The number of hydrogen-bond acceptors (Lipinski definition) is 6. The molecule has 0 radical (unpaired) electrons. The molecule has 0 atom stereocenters. The zero-order chi connectivity index (χ0) is 19.9. The van der Waals surface area contributed by atoms with Crippen LogP contribution in [0.5, 0.6) is 5.75 Å². The molecule has 0 bridgehead atoms. The van der Waals surface area contributed by atoms with Gasteiger partial charge in [-0.15, -0.1) is 0 Å². The van der Waals surface area contributed by atoms with Crippen molar-refractivity contribution in [2.45, 2.75) is 18.1 Å². The summed E-state index contributed by atoms with van der Waals surface area (Å²) in [6.07, 6.45) is 0.744. The number of aromatic nitrogens is 2. The molecule has 0 aliphatic heterocycles. The Kier molecular flexibility index (Phi) is 6.95. The molecule has 0 saturated heterocycles. The largest absolute Gasteiger partial charge is 0.494 e. The number of thioether (sulfide) groups is 1. The first-order valence-electron chi connectivity index (χ1n) is 8.66. The lowest BCUT2D eigenvalue weighted by Crippen LogP contribution is -2.27. The van der Waals surface area contributed by atoms with Gasteiger partial charge in [-0.05, 0) is 42.8 Å². The van der Waals surface area contributed by atoms with Crippen LogP contribution in [0.2, 0.25) is 5.02 Å². The Bertz CT molecular complexity index is 1020. The number of esters is 1. The molecule has 1 aromatic heterocycles. The maximum atomic E-state index is 12.8. The number of fused-ring (bicyclic) bond motifs is 1. The van der Waals surface area contributed by atoms with Gasteiger partial charge in [-0.1, -0.05) is 35.5 Å². The van der Waals surface area contributed by atoms with E-state index in [0.29, 0.717) is 33.4 Å². The highest BCUT2D eigenvalue weighted by molar-refractivity contribution is 7.99. The SMILES string of the molecule is COC(=O)Cn1c(SCCCOc2ccc(Cl)cc2)nc2ccccc2c1=O. The minimum Gasteiger partial charge on any atom is -0.494 e. The van der Waals surface area contributed by atoms with Crippen LogP contribution in [-0.2, 0) is 16.1 Å².